The maximum absolute atomic E-state index is 11.9. The molecule has 0 radical (unpaired) electrons. The van der Waals surface area contributed by atoms with E-state index >= 15 is 0 Å². The van der Waals surface area contributed by atoms with E-state index in [-0.39, 0.29) is 5.75 Å². The van der Waals surface area contributed by atoms with Gasteiger partial charge in [-0.3, -0.25) is 0 Å². The van der Waals surface area contributed by atoms with Crippen LogP contribution < -0.4 is 5.32 Å². The first-order valence-corrected chi connectivity index (χ1v) is 9.41. The molecule has 112 valence electrons. The van der Waals surface area contributed by atoms with Crippen molar-refractivity contribution in [3.05, 3.63) is 24.3 Å². The summed E-state index contributed by atoms with van der Waals surface area (Å²) in [7, 11) is -3.12. The molecule has 0 amide bonds. The van der Waals surface area contributed by atoms with Gasteiger partial charge in [0.15, 0.2) is 9.84 Å². The highest BCUT2D eigenvalue weighted by Gasteiger charge is 2.26. The predicted molar refractivity (Wildman–Crippen MR) is 84.3 cm³/mol. The van der Waals surface area contributed by atoms with Gasteiger partial charge < -0.3 is 5.32 Å². The first kappa shape index (κ1) is 15.6. The lowest BCUT2D eigenvalue weighted by Crippen LogP contribution is -2.24. The van der Waals surface area contributed by atoms with Crippen molar-refractivity contribution < 1.29 is 8.42 Å². The van der Waals surface area contributed by atoms with Crippen molar-refractivity contribution in [2.45, 2.75) is 43.5 Å². The summed E-state index contributed by atoms with van der Waals surface area (Å²) in [5.74, 6) is 1.40. The molecule has 1 saturated carbocycles. The number of nitrogens with one attached hydrogen (secondary N) is 1. The van der Waals surface area contributed by atoms with Crippen molar-refractivity contribution in [2.24, 2.45) is 5.92 Å². The van der Waals surface area contributed by atoms with Gasteiger partial charge in [0.05, 0.1) is 10.6 Å². The molecule has 0 bridgehead atoms. The van der Waals surface area contributed by atoms with Crippen molar-refractivity contribution in [2.75, 3.05) is 16.9 Å². The van der Waals surface area contributed by atoms with E-state index < -0.39 is 9.84 Å². The topological polar surface area (TPSA) is 46.2 Å². The van der Waals surface area contributed by atoms with Crippen molar-refractivity contribution >= 4 is 27.1 Å². The Morgan fingerprint density at radius 3 is 2.55 bits per heavy atom. The first-order chi connectivity index (χ1) is 9.56. The van der Waals surface area contributed by atoms with Crippen molar-refractivity contribution in [1.82, 2.24) is 0 Å². The Balaban J connectivity index is 2.05. The Morgan fingerprint density at radius 2 is 1.95 bits per heavy atom. The molecule has 0 aromatic heterocycles. The van der Waals surface area contributed by atoms with Crippen LogP contribution in [0.5, 0.6) is 0 Å². The molecule has 1 N–H and O–H groups in total. The van der Waals surface area contributed by atoms with Crippen molar-refractivity contribution in [1.29, 1.82) is 0 Å². The van der Waals surface area contributed by atoms with E-state index in [2.05, 4.69) is 5.32 Å². The smallest absolute Gasteiger partial charge is 0.178 e. The van der Waals surface area contributed by atoms with Gasteiger partial charge in [0.1, 0.15) is 0 Å². The molecule has 1 aliphatic carbocycles. The monoisotopic (exact) mass is 315 g/mol. The van der Waals surface area contributed by atoms with E-state index in [0.29, 0.717) is 29.2 Å². The number of anilines is 1. The molecule has 0 aliphatic heterocycles. The van der Waals surface area contributed by atoms with Gasteiger partial charge in [-0.2, -0.15) is 0 Å². The third-order valence-corrected chi connectivity index (χ3v) is 6.23. The largest absolute Gasteiger partial charge is 0.382 e. The zero-order valence-corrected chi connectivity index (χ0v) is 13.4. The second kappa shape index (κ2) is 6.81. The number of halogens is 1. The van der Waals surface area contributed by atoms with E-state index in [1.54, 1.807) is 12.1 Å². The summed E-state index contributed by atoms with van der Waals surface area (Å²) >= 11 is 5.97. The SMILES string of the molecule is CCCS(=O)(=O)c1ccc(NC2CCCC2CCl)cc1. The summed E-state index contributed by atoms with van der Waals surface area (Å²) in [6.07, 6.45) is 4.15. The molecule has 1 aromatic rings. The lowest BCUT2D eigenvalue weighted by molar-refractivity contribution is 0.562. The lowest BCUT2D eigenvalue weighted by atomic mass is 10.1. The number of rotatable bonds is 6. The molecule has 0 spiro atoms. The van der Waals surface area contributed by atoms with Gasteiger partial charge in [-0.05, 0) is 49.4 Å². The highest BCUT2D eigenvalue weighted by molar-refractivity contribution is 7.91. The maximum Gasteiger partial charge on any atom is 0.178 e. The summed E-state index contributed by atoms with van der Waals surface area (Å²) in [5, 5.41) is 3.47. The van der Waals surface area contributed by atoms with E-state index in [1.807, 2.05) is 19.1 Å². The molecule has 0 saturated heterocycles. The molecule has 2 atom stereocenters. The summed E-state index contributed by atoms with van der Waals surface area (Å²) < 4.78 is 23.9. The van der Waals surface area contributed by atoms with Crippen LogP contribution >= 0.6 is 11.6 Å². The fourth-order valence-electron chi connectivity index (χ4n) is 2.77. The molecule has 1 aliphatic rings. The summed E-state index contributed by atoms with van der Waals surface area (Å²) in [6, 6.07) is 7.50. The van der Waals surface area contributed by atoms with Crippen LogP contribution in [0.1, 0.15) is 32.6 Å². The van der Waals surface area contributed by atoms with Crippen LogP contribution in [-0.2, 0) is 9.84 Å². The summed E-state index contributed by atoms with van der Waals surface area (Å²) in [4.78, 5) is 0.408. The van der Waals surface area contributed by atoms with Gasteiger partial charge in [0, 0.05) is 17.6 Å². The zero-order valence-electron chi connectivity index (χ0n) is 11.8. The average Bonchev–Trinajstić information content (AvgIpc) is 2.86. The Kier molecular flexibility index (Phi) is 5.33. The van der Waals surface area contributed by atoms with E-state index in [0.717, 1.165) is 12.1 Å². The Bertz CT molecular complexity index is 527. The second-order valence-corrected chi connectivity index (χ2v) is 7.86. The van der Waals surface area contributed by atoms with Crippen molar-refractivity contribution in [3.8, 4) is 0 Å². The van der Waals surface area contributed by atoms with Gasteiger partial charge in [-0.1, -0.05) is 13.3 Å². The third kappa shape index (κ3) is 3.67. The summed E-state index contributed by atoms with van der Waals surface area (Å²) in [6.45, 7) is 1.87. The molecule has 1 fully saturated rings. The quantitative estimate of drug-likeness (QED) is 0.814. The van der Waals surface area contributed by atoms with Crippen molar-refractivity contribution in [3.63, 3.8) is 0 Å². The van der Waals surface area contributed by atoms with Gasteiger partial charge >= 0.3 is 0 Å². The lowest BCUT2D eigenvalue weighted by Gasteiger charge is -2.20. The Hall–Kier alpha value is -0.740. The van der Waals surface area contributed by atoms with E-state index in [9.17, 15) is 8.42 Å². The second-order valence-electron chi connectivity index (χ2n) is 5.44. The van der Waals surface area contributed by atoms with Gasteiger partial charge in [0.25, 0.3) is 0 Å². The van der Waals surface area contributed by atoms with Gasteiger partial charge in [-0.25, -0.2) is 8.42 Å². The van der Waals surface area contributed by atoms with E-state index in [1.165, 1.54) is 12.8 Å². The minimum atomic E-state index is -3.12. The number of benzene rings is 1. The Morgan fingerprint density at radius 1 is 1.25 bits per heavy atom. The normalized spacial score (nSPS) is 22.9. The molecule has 2 rings (SSSR count). The molecule has 1 aromatic carbocycles. The minimum Gasteiger partial charge on any atom is -0.382 e. The van der Waals surface area contributed by atoms with Crippen LogP contribution in [0, 0.1) is 5.92 Å². The molecular weight excluding hydrogens is 294 g/mol. The molecule has 3 nitrogen and oxygen atoms in total. The molecule has 20 heavy (non-hydrogen) atoms. The van der Waals surface area contributed by atoms with Crippen LogP contribution in [0.2, 0.25) is 0 Å². The van der Waals surface area contributed by atoms with Gasteiger partial charge in [-0.15, -0.1) is 11.6 Å². The third-order valence-electron chi connectivity index (χ3n) is 3.90. The first-order valence-electron chi connectivity index (χ1n) is 7.22. The van der Waals surface area contributed by atoms with Crippen LogP contribution in [0.3, 0.4) is 0 Å². The fraction of sp³-hybridized carbons (Fsp3) is 0.600. The highest BCUT2D eigenvalue weighted by atomic mass is 35.5. The predicted octanol–water partition coefficient (Wildman–Crippen LogP) is 3.69. The van der Waals surface area contributed by atoms with Crippen LogP contribution in [-0.4, -0.2) is 26.1 Å². The maximum atomic E-state index is 11.9. The Labute approximate surface area is 126 Å². The number of hydrogen-bond acceptors (Lipinski definition) is 3. The van der Waals surface area contributed by atoms with Crippen LogP contribution in [0.4, 0.5) is 5.69 Å². The van der Waals surface area contributed by atoms with E-state index in [4.69, 9.17) is 11.6 Å². The standard InChI is InChI=1S/C15H22ClNO2S/c1-2-10-20(18,19)14-8-6-13(7-9-14)17-15-5-3-4-12(15)11-16/h6-9,12,15,17H,2-5,10-11H2,1H3. The molecule has 5 heteroatoms. The minimum absolute atomic E-state index is 0.205. The zero-order chi connectivity index (χ0) is 14.6. The van der Waals surface area contributed by atoms with Crippen LogP contribution in [0.15, 0.2) is 29.2 Å². The average molecular weight is 316 g/mol. The fourth-order valence-corrected chi connectivity index (χ4v) is 4.46. The number of alkyl halides is 1. The molecule has 0 heterocycles. The van der Waals surface area contributed by atoms with Gasteiger partial charge in [0.2, 0.25) is 0 Å². The molecular formula is C15H22ClNO2S. The summed E-state index contributed by atoms with van der Waals surface area (Å²) in [5.41, 5.74) is 0.975. The number of sulfone groups is 1. The molecule has 2 unspecified atom stereocenters. The number of hydrogen-bond donors (Lipinski definition) is 1. The highest BCUT2D eigenvalue weighted by Crippen LogP contribution is 2.29. The van der Waals surface area contributed by atoms with Crippen LogP contribution in [0.25, 0.3) is 0 Å².